The van der Waals surface area contributed by atoms with Gasteiger partial charge in [0.05, 0.1) is 12.6 Å². The lowest BCUT2D eigenvalue weighted by Gasteiger charge is -2.26. The van der Waals surface area contributed by atoms with Gasteiger partial charge in [0.25, 0.3) is 0 Å². The van der Waals surface area contributed by atoms with Gasteiger partial charge in [0.15, 0.2) is 0 Å². The molecule has 20 heavy (non-hydrogen) atoms. The van der Waals surface area contributed by atoms with Gasteiger partial charge < -0.3 is 10.2 Å². The number of nitrogens with one attached hydrogen (secondary N) is 1. The van der Waals surface area contributed by atoms with Gasteiger partial charge in [-0.2, -0.15) is 0 Å². The maximum absolute atomic E-state index is 11.9. The highest BCUT2D eigenvalue weighted by atomic mass is 16.2. The Kier molecular flexibility index (Phi) is 6.68. The number of nitrogens with zero attached hydrogens (tertiary/aromatic N) is 2. The van der Waals surface area contributed by atoms with E-state index in [9.17, 15) is 4.79 Å². The lowest BCUT2D eigenvalue weighted by atomic mass is 10.1. The standard InChI is InChI=1S/C16H27N3O/c1-13(2)19(5)12-16(20)17-11-15(18(3)4)14-9-7-6-8-10-14/h6-10,13,15H,11-12H2,1-5H3,(H,17,20)/t15-/m1/s1. The molecule has 0 radical (unpaired) electrons. The van der Waals surface area contributed by atoms with Crippen molar-refractivity contribution < 1.29 is 4.79 Å². The highest BCUT2D eigenvalue weighted by molar-refractivity contribution is 5.78. The minimum atomic E-state index is 0.0731. The first-order chi connectivity index (χ1) is 9.41. The highest BCUT2D eigenvalue weighted by Gasteiger charge is 2.16. The molecule has 112 valence electrons. The van der Waals surface area contributed by atoms with Crippen LogP contribution >= 0.6 is 0 Å². The number of amides is 1. The van der Waals surface area contributed by atoms with Crippen LogP contribution in [0.1, 0.15) is 25.5 Å². The van der Waals surface area contributed by atoms with Crippen molar-refractivity contribution in [3.05, 3.63) is 35.9 Å². The Labute approximate surface area is 122 Å². The average Bonchev–Trinajstić information content (AvgIpc) is 2.39. The number of carbonyl (C=O) groups is 1. The third-order valence-electron chi connectivity index (χ3n) is 3.57. The number of benzene rings is 1. The summed E-state index contributed by atoms with van der Waals surface area (Å²) in [5, 5.41) is 3.03. The van der Waals surface area contributed by atoms with E-state index in [0.717, 1.165) is 0 Å². The summed E-state index contributed by atoms with van der Waals surface area (Å²) in [6.07, 6.45) is 0. The topological polar surface area (TPSA) is 35.6 Å². The first-order valence-electron chi connectivity index (χ1n) is 7.10. The zero-order valence-corrected chi connectivity index (χ0v) is 13.3. The molecular weight excluding hydrogens is 250 g/mol. The van der Waals surface area contributed by atoms with Gasteiger partial charge in [0.2, 0.25) is 5.91 Å². The first kappa shape index (κ1) is 16.7. The van der Waals surface area contributed by atoms with Crippen LogP contribution in [-0.4, -0.2) is 56.0 Å². The van der Waals surface area contributed by atoms with E-state index in [1.807, 2.05) is 44.2 Å². The Bertz CT molecular complexity index is 403. The van der Waals surface area contributed by atoms with Gasteiger partial charge in [0, 0.05) is 12.6 Å². The molecule has 0 saturated heterocycles. The molecule has 0 heterocycles. The first-order valence-corrected chi connectivity index (χ1v) is 7.10. The maximum atomic E-state index is 11.9. The van der Waals surface area contributed by atoms with Crippen LogP contribution < -0.4 is 5.32 Å². The van der Waals surface area contributed by atoms with Crippen molar-refractivity contribution in [1.82, 2.24) is 15.1 Å². The van der Waals surface area contributed by atoms with Gasteiger partial charge in [-0.05, 0) is 40.6 Å². The quantitative estimate of drug-likeness (QED) is 0.825. The summed E-state index contributed by atoms with van der Waals surface area (Å²) in [5.74, 6) is 0.0731. The second-order valence-electron chi connectivity index (χ2n) is 5.70. The van der Waals surface area contributed by atoms with Gasteiger partial charge in [-0.15, -0.1) is 0 Å². The van der Waals surface area contributed by atoms with E-state index in [-0.39, 0.29) is 11.9 Å². The van der Waals surface area contributed by atoms with E-state index in [1.165, 1.54) is 5.56 Å². The fraction of sp³-hybridized carbons (Fsp3) is 0.562. The molecule has 0 aliphatic heterocycles. The van der Waals surface area contributed by atoms with Gasteiger partial charge in [-0.3, -0.25) is 9.69 Å². The predicted octanol–water partition coefficient (Wildman–Crippen LogP) is 1.75. The SMILES string of the molecule is CC(C)N(C)CC(=O)NC[C@H](c1ccccc1)N(C)C. The largest absolute Gasteiger partial charge is 0.353 e. The van der Waals surface area contributed by atoms with Crippen molar-refractivity contribution >= 4 is 5.91 Å². The van der Waals surface area contributed by atoms with Crippen molar-refractivity contribution in [2.75, 3.05) is 34.2 Å². The zero-order chi connectivity index (χ0) is 15.1. The van der Waals surface area contributed by atoms with Crippen LogP contribution in [-0.2, 0) is 4.79 Å². The third-order valence-corrected chi connectivity index (χ3v) is 3.57. The van der Waals surface area contributed by atoms with Gasteiger partial charge in [-0.1, -0.05) is 30.3 Å². The van der Waals surface area contributed by atoms with Crippen LogP contribution in [0.25, 0.3) is 0 Å². The van der Waals surface area contributed by atoms with E-state index < -0.39 is 0 Å². The summed E-state index contributed by atoms with van der Waals surface area (Å²) in [6, 6.07) is 10.8. The number of hydrogen-bond acceptors (Lipinski definition) is 3. The van der Waals surface area contributed by atoms with E-state index in [0.29, 0.717) is 19.1 Å². The van der Waals surface area contributed by atoms with Gasteiger partial charge in [-0.25, -0.2) is 0 Å². The number of hydrogen-bond donors (Lipinski definition) is 1. The van der Waals surface area contributed by atoms with Crippen LogP contribution in [0.2, 0.25) is 0 Å². The normalized spacial score (nSPS) is 13.0. The summed E-state index contributed by atoms with van der Waals surface area (Å²) in [7, 11) is 6.03. The monoisotopic (exact) mass is 277 g/mol. The molecule has 1 amide bonds. The molecule has 0 saturated carbocycles. The summed E-state index contributed by atoms with van der Waals surface area (Å²) in [5.41, 5.74) is 1.22. The molecular formula is C16H27N3O. The zero-order valence-electron chi connectivity index (χ0n) is 13.3. The smallest absolute Gasteiger partial charge is 0.234 e. The van der Waals surface area contributed by atoms with Crippen LogP contribution in [0.3, 0.4) is 0 Å². The van der Waals surface area contributed by atoms with Crippen molar-refractivity contribution in [1.29, 1.82) is 0 Å². The maximum Gasteiger partial charge on any atom is 0.234 e. The summed E-state index contributed by atoms with van der Waals surface area (Å²) in [6.45, 7) is 5.23. The third kappa shape index (κ3) is 5.31. The summed E-state index contributed by atoms with van der Waals surface area (Å²) >= 11 is 0. The molecule has 0 spiro atoms. The Morgan fingerprint density at radius 1 is 1.15 bits per heavy atom. The Morgan fingerprint density at radius 3 is 2.25 bits per heavy atom. The van der Waals surface area contributed by atoms with E-state index in [1.54, 1.807) is 0 Å². The highest BCUT2D eigenvalue weighted by Crippen LogP contribution is 2.16. The molecule has 4 nitrogen and oxygen atoms in total. The lowest BCUT2D eigenvalue weighted by molar-refractivity contribution is -0.122. The molecule has 1 atom stereocenters. The van der Waals surface area contributed by atoms with Crippen molar-refractivity contribution in [3.63, 3.8) is 0 Å². The van der Waals surface area contributed by atoms with E-state index in [4.69, 9.17) is 0 Å². The molecule has 1 rings (SSSR count). The molecule has 0 fully saturated rings. The van der Waals surface area contributed by atoms with Crippen molar-refractivity contribution in [2.45, 2.75) is 25.9 Å². The van der Waals surface area contributed by atoms with E-state index in [2.05, 4.69) is 36.2 Å². The molecule has 0 aromatic heterocycles. The minimum Gasteiger partial charge on any atom is -0.353 e. The molecule has 1 aromatic carbocycles. The summed E-state index contributed by atoms with van der Waals surface area (Å²) in [4.78, 5) is 16.1. The molecule has 0 unspecified atom stereocenters. The predicted molar refractivity (Wildman–Crippen MR) is 83.6 cm³/mol. The number of likely N-dealkylation sites (N-methyl/N-ethyl adjacent to an activating group) is 2. The van der Waals surface area contributed by atoms with Gasteiger partial charge in [0.1, 0.15) is 0 Å². The molecule has 1 aromatic rings. The lowest BCUT2D eigenvalue weighted by Crippen LogP contribution is -2.41. The van der Waals surface area contributed by atoms with Crippen LogP contribution in [0.4, 0.5) is 0 Å². The molecule has 1 N–H and O–H groups in total. The fourth-order valence-corrected chi connectivity index (χ4v) is 1.95. The Balaban J connectivity index is 2.54. The minimum absolute atomic E-state index is 0.0731. The number of carbonyl (C=O) groups excluding carboxylic acids is 1. The van der Waals surface area contributed by atoms with Crippen molar-refractivity contribution in [3.8, 4) is 0 Å². The van der Waals surface area contributed by atoms with Gasteiger partial charge >= 0.3 is 0 Å². The van der Waals surface area contributed by atoms with Crippen LogP contribution in [0.15, 0.2) is 30.3 Å². The number of rotatable bonds is 7. The van der Waals surface area contributed by atoms with Crippen molar-refractivity contribution in [2.24, 2.45) is 0 Å². The molecule has 0 bridgehead atoms. The second-order valence-corrected chi connectivity index (χ2v) is 5.70. The molecule has 4 heteroatoms. The second kappa shape index (κ2) is 8.02. The van der Waals surface area contributed by atoms with Crippen LogP contribution in [0.5, 0.6) is 0 Å². The Morgan fingerprint density at radius 2 is 1.75 bits per heavy atom. The van der Waals surface area contributed by atoms with E-state index >= 15 is 0 Å². The average molecular weight is 277 g/mol. The Hall–Kier alpha value is -1.39. The fourth-order valence-electron chi connectivity index (χ4n) is 1.95. The molecule has 0 aliphatic carbocycles. The van der Waals surface area contributed by atoms with Crippen LogP contribution in [0, 0.1) is 0 Å². The molecule has 0 aliphatic rings. The summed E-state index contributed by atoms with van der Waals surface area (Å²) < 4.78 is 0.